The first-order chi connectivity index (χ1) is 15.7. The fourth-order valence-corrected chi connectivity index (χ4v) is 4.73. The van der Waals surface area contributed by atoms with Gasteiger partial charge in [-0.3, -0.25) is 0 Å². The maximum absolute atomic E-state index is 6.66. The molecule has 6 rings (SSSR count). The molecule has 1 N–H and O–H groups in total. The van der Waals surface area contributed by atoms with E-state index in [1.807, 2.05) is 65.3 Å². The van der Waals surface area contributed by atoms with Crippen molar-refractivity contribution in [3.63, 3.8) is 0 Å². The first-order valence-corrected chi connectivity index (χ1v) is 10.7. The van der Waals surface area contributed by atoms with Crippen LogP contribution in [0, 0.1) is 0 Å². The van der Waals surface area contributed by atoms with Gasteiger partial charge in [-0.15, -0.1) is 0 Å². The van der Waals surface area contributed by atoms with Crippen LogP contribution in [0.2, 0.25) is 5.02 Å². The summed E-state index contributed by atoms with van der Waals surface area (Å²) in [5, 5.41) is 8.69. The van der Waals surface area contributed by atoms with Crippen molar-refractivity contribution in [2.45, 2.75) is 12.1 Å². The van der Waals surface area contributed by atoms with E-state index in [1.165, 1.54) is 0 Å². The first-order valence-electron chi connectivity index (χ1n) is 10.3. The van der Waals surface area contributed by atoms with Crippen LogP contribution in [0.3, 0.4) is 0 Å². The molecule has 4 aromatic rings. The Morgan fingerprint density at radius 2 is 1.88 bits per heavy atom. The van der Waals surface area contributed by atoms with Gasteiger partial charge in [0.15, 0.2) is 6.10 Å². The molecule has 2 atom stereocenters. The number of methoxy groups -OCH3 is 1. The smallest absolute Gasteiger partial charge is 0.226 e. The second-order valence-electron chi connectivity index (χ2n) is 7.68. The number of fused-ring (bicyclic) bond motifs is 3. The lowest BCUT2D eigenvalue weighted by Crippen LogP contribution is -2.32. The zero-order valence-corrected chi connectivity index (χ0v) is 18.0. The third-order valence-corrected chi connectivity index (χ3v) is 6.26. The molecule has 0 fully saturated rings. The Labute approximate surface area is 190 Å². The molecule has 2 aliphatic heterocycles. The van der Waals surface area contributed by atoms with Crippen LogP contribution in [0.25, 0.3) is 5.70 Å². The van der Waals surface area contributed by atoms with Crippen LogP contribution < -0.4 is 14.8 Å². The Hall–Kier alpha value is -3.77. The van der Waals surface area contributed by atoms with Crippen molar-refractivity contribution < 1.29 is 9.47 Å². The molecule has 0 saturated heterocycles. The second-order valence-corrected chi connectivity index (χ2v) is 8.09. The molecule has 3 heterocycles. The Bertz CT molecular complexity index is 1360. The Morgan fingerprint density at radius 1 is 1.03 bits per heavy atom. The van der Waals surface area contributed by atoms with Crippen molar-refractivity contribution in [3.05, 3.63) is 106 Å². The fraction of sp³-hybridized carbons (Fsp3) is 0.120. The van der Waals surface area contributed by atoms with E-state index in [-0.39, 0.29) is 6.04 Å². The molecule has 0 aliphatic carbocycles. The van der Waals surface area contributed by atoms with Crippen LogP contribution in [0.4, 0.5) is 5.95 Å². The van der Waals surface area contributed by atoms with E-state index in [9.17, 15) is 0 Å². The van der Waals surface area contributed by atoms with E-state index < -0.39 is 6.10 Å². The van der Waals surface area contributed by atoms with E-state index in [1.54, 1.807) is 13.4 Å². The van der Waals surface area contributed by atoms with Gasteiger partial charge in [-0.25, -0.2) is 4.68 Å². The number of nitrogens with one attached hydrogen (secondary N) is 1. The van der Waals surface area contributed by atoms with E-state index in [0.717, 1.165) is 39.5 Å². The zero-order valence-electron chi connectivity index (χ0n) is 17.2. The van der Waals surface area contributed by atoms with E-state index in [2.05, 4.69) is 27.5 Å². The number of ether oxygens (including phenoxy) is 2. The van der Waals surface area contributed by atoms with Crippen LogP contribution in [-0.4, -0.2) is 21.9 Å². The lowest BCUT2D eigenvalue weighted by atomic mass is 9.84. The number of halogens is 1. The lowest BCUT2D eigenvalue weighted by Gasteiger charge is -2.39. The van der Waals surface area contributed by atoms with E-state index in [0.29, 0.717) is 11.0 Å². The maximum Gasteiger partial charge on any atom is 0.226 e. The molecule has 0 saturated carbocycles. The van der Waals surface area contributed by atoms with Crippen molar-refractivity contribution >= 4 is 23.2 Å². The van der Waals surface area contributed by atoms with Gasteiger partial charge in [0, 0.05) is 21.7 Å². The van der Waals surface area contributed by atoms with Crippen molar-refractivity contribution in [3.8, 4) is 11.5 Å². The van der Waals surface area contributed by atoms with Gasteiger partial charge in [0.1, 0.15) is 23.9 Å². The van der Waals surface area contributed by atoms with Crippen molar-refractivity contribution in [1.82, 2.24) is 14.8 Å². The lowest BCUT2D eigenvalue weighted by molar-refractivity contribution is 0.223. The minimum atomic E-state index is -0.408. The Kier molecular flexibility index (Phi) is 4.40. The molecule has 158 valence electrons. The molecule has 0 unspecified atom stereocenters. The molecular formula is C25H19ClN4O2. The predicted molar refractivity (Wildman–Crippen MR) is 123 cm³/mol. The standard InChI is InChI=1S/C25H19ClN4O2/c1-31-16-8-6-7-15(13-16)23-21-22(29-25-27-14-28-30(23)25)18-10-3-5-12-20(18)32-24(21)17-9-2-4-11-19(17)26/h2-14,23-24H,1H3,(H,27,28,29)/t23-,24+/m0/s1. The van der Waals surface area contributed by atoms with Crippen LogP contribution >= 0.6 is 11.6 Å². The van der Waals surface area contributed by atoms with E-state index in [4.69, 9.17) is 21.1 Å². The third-order valence-electron chi connectivity index (χ3n) is 5.92. The normalized spacial score (nSPS) is 18.7. The molecule has 3 aromatic carbocycles. The summed E-state index contributed by atoms with van der Waals surface area (Å²) >= 11 is 6.66. The number of para-hydroxylation sites is 1. The quantitative estimate of drug-likeness (QED) is 0.454. The Morgan fingerprint density at radius 3 is 2.75 bits per heavy atom. The van der Waals surface area contributed by atoms with Gasteiger partial charge in [-0.2, -0.15) is 10.1 Å². The molecule has 2 aliphatic rings. The van der Waals surface area contributed by atoms with Crippen LogP contribution in [-0.2, 0) is 0 Å². The summed E-state index contributed by atoms with van der Waals surface area (Å²) in [6, 6.07) is 23.5. The second kappa shape index (κ2) is 7.43. The summed E-state index contributed by atoms with van der Waals surface area (Å²) in [5.41, 5.74) is 4.88. The van der Waals surface area contributed by atoms with Gasteiger partial charge in [-0.1, -0.05) is 54.1 Å². The minimum Gasteiger partial charge on any atom is -0.497 e. The van der Waals surface area contributed by atoms with Gasteiger partial charge in [-0.05, 0) is 35.9 Å². The number of hydrogen-bond donors (Lipinski definition) is 1. The van der Waals surface area contributed by atoms with Gasteiger partial charge in [0.25, 0.3) is 0 Å². The summed E-state index contributed by atoms with van der Waals surface area (Å²) in [6.07, 6.45) is 1.15. The van der Waals surface area contributed by atoms with Crippen LogP contribution in [0.15, 0.2) is 84.7 Å². The fourth-order valence-electron chi connectivity index (χ4n) is 4.50. The van der Waals surface area contributed by atoms with Gasteiger partial charge < -0.3 is 14.8 Å². The average Bonchev–Trinajstić information content (AvgIpc) is 3.31. The molecule has 7 heteroatoms. The number of anilines is 1. The highest BCUT2D eigenvalue weighted by Crippen LogP contribution is 2.51. The third kappa shape index (κ3) is 2.87. The Balaban J connectivity index is 1.64. The summed E-state index contributed by atoms with van der Waals surface area (Å²) in [4.78, 5) is 4.46. The summed E-state index contributed by atoms with van der Waals surface area (Å²) in [7, 11) is 1.67. The van der Waals surface area contributed by atoms with Crippen molar-refractivity contribution in [2.24, 2.45) is 0 Å². The maximum atomic E-state index is 6.66. The first kappa shape index (κ1) is 19.0. The summed E-state index contributed by atoms with van der Waals surface area (Å²) in [6.45, 7) is 0. The highest BCUT2D eigenvalue weighted by molar-refractivity contribution is 6.31. The monoisotopic (exact) mass is 442 g/mol. The van der Waals surface area contributed by atoms with Crippen LogP contribution in [0.5, 0.6) is 11.5 Å². The van der Waals surface area contributed by atoms with Crippen molar-refractivity contribution in [1.29, 1.82) is 0 Å². The van der Waals surface area contributed by atoms with Gasteiger partial charge in [0.2, 0.25) is 5.95 Å². The number of nitrogens with zero attached hydrogens (tertiary/aromatic N) is 3. The topological polar surface area (TPSA) is 61.2 Å². The molecular weight excluding hydrogens is 424 g/mol. The molecule has 0 radical (unpaired) electrons. The molecule has 0 amide bonds. The van der Waals surface area contributed by atoms with E-state index >= 15 is 0 Å². The molecule has 0 bridgehead atoms. The van der Waals surface area contributed by atoms with Crippen LogP contribution in [0.1, 0.15) is 28.8 Å². The minimum absolute atomic E-state index is 0.256. The molecule has 32 heavy (non-hydrogen) atoms. The number of aromatic nitrogens is 3. The van der Waals surface area contributed by atoms with Crippen molar-refractivity contribution in [2.75, 3.05) is 12.4 Å². The predicted octanol–water partition coefficient (Wildman–Crippen LogP) is 5.50. The zero-order chi connectivity index (χ0) is 21.7. The number of rotatable bonds is 3. The largest absolute Gasteiger partial charge is 0.497 e. The SMILES string of the molecule is COc1cccc([C@H]2C3=C(Nc4ncnn42)c2ccccc2O[C@@H]3c2ccccc2Cl)c1. The summed E-state index contributed by atoms with van der Waals surface area (Å²) < 4.78 is 14.0. The number of benzene rings is 3. The number of hydrogen-bond acceptors (Lipinski definition) is 5. The highest BCUT2D eigenvalue weighted by Gasteiger charge is 2.41. The van der Waals surface area contributed by atoms with Gasteiger partial charge in [0.05, 0.1) is 12.8 Å². The van der Waals surface area contributed by atoms with Gasteiger partial charge >= 0.3 is 0 Å². The molecule has 1 aromatic heterocycles. The molecule has 0 spiro atoms. The highest BCUT2D eigenvalue weighted by atomic mass is 35.5. The average molecular weight is 443 g/mol. The summed E-state index contributed by atoms with van der Waals surface area (Å²) in [5.74, 6) is 2.24. The molecule has 6 nitrogen and oxygen atoms in total.